The maximum absolute atomic E-state index is 12.8. The molecule has 0 unspecified atom stereocenters. The zero-order valence-corrected chi connectivity index (χ0v) is 20.6. The average Bonchev–Trinajstić information content (AvgIpc) is 3.59. The van der Waals surface area contributed by atoms with E-state index < -0.39 is 0 Å². The van der Waals surface area contributed by atoms with E-state index in [-0.39, 0.29) is 11.7 Å². The van der Waals surface area contributed by atoms with Crippen molar-refractivity contribution in [3.63, 3.8) is 0 Å². The van der Waals surface area contributed by atoms with Gasteiger partial charge in [0.25, 0.3) is 5.91 Å². The minimum Gasteiger partial charge on any atom is -0.508 e. The first-order valence-electron chi connectivity index (χ1n) is 11.7. The third-order valence-corrected chi connectivity index (χ3v) is 7.53. The molecule has 2 aliphatic rings. The first kappa shape index (κ1) is 22.6. The molecule has 1 aliphatic carbocycles. The van der Waals surface area contributed by atoms with E-state index in [2.05, 4.69) is 37.6 Å². The lowest BCUT2D eigenvalue weighted by molar-refractivity contribution is 0.103. The molecule has 1 saturated carbocycles. The molecular formula is C25H30N6O2S. The van der Waals surface area contributed by atoms with Crippen LogP contribution >= 0.6 is 11.3 Å². The molecule has 5 rings (SSSR count). The van der Waals surface area contributed by atoms with Gasteiger partial charge in [0.15, 0.2) is 5.13 Å². The van der Waals surface area contributed by atoms with Crippen LogP contribution in [0.5, 0.6) is 5.75 Å². The molecule has 1 amide bonds. The van der Waals surface area contributed by atoms with Gasteiger partial charge in [0.1, 0.15) is 22.3 Å². The van der Waals surface area contributed by atoms with Crippen molar-refractivity contribution >= 4 is 39.7 Å². The number of carbonyl (C=O) groups is 1. The van der Waals surface area contributed by atoms with Crippen LogP contribution < -0.4 is 15.5 Å². The second-order valence-electron chi connectivity index (χ2n) is 9.10. The Morgan fingerprint density at radius 1 is 1.06 bits per heavy atom. The molecule has 34 heavy (non-hydrogen) atoms. The van der Waals surface area contributed by atoms with Crippen LogP contribution in [-0.4, -0.2) is 58.1 Å². The number of phenols is 1. The van der Waals surface area contributed by atoms with Crippen molar-refractivity contribution in [3.05, 3.63) is 52.0 Å². The van der Waals surface area contributed by atoms with Gasteiger partial charge in [-0.05, 0) is 56.9 Å². The maximum atomic E-state index is 12.8. The van der Waals surface area contributed by atoms with Gasteiger partial charge in [0.2, 0.25) is 0 Å². The number of hydrogen-bond donors (Lipinski definition) is 3. The number of anilines is 4. The molecule has 0 atom stereocenters. The lowest BCUT2D eigenvalue weighted by Crippen LogP contribution is -2.47. The molecule has 8 nitrogen and oxygen atoms in total. The van der Waals surface area contributed by atoms with Crippen LogP contribution in [0.3, 0.4) is 0 Å². The molecule has 3 N–H and O–H groups in total. The smallest absolute Gasteiger partial charge is 0.267 e. The molecule has 2 aromatic heterocycles. The minimum absolute atomic E-state index is 0.156. The Bertz CT molecular complexity index is 1210. The van der Waals surface area contributed by atoms with Crippen LogP contribution in [0.4, 0.5) is 22.5 Å². The van der Waals surface area contributed by atoms with Crippen molar-refractivity contribution in [2.24, 2.45) is 0 Å². The van der Waals surface area contributed by atoms with Crippen LogP contribution in [0.15, 0.2) is 30.5 Å². The predicted octanol–water partition coefficient (Wildman–Crippen LogP) is 4.45. The van der Waals surface area contributed by atoms with Crippen molar-refractivity contribution in [2.45, 2.75) is 39.7 Å². The van der Waals surface area contributed by atoms with Gasteiger partial charge in [-0.15, -0.1) is 0 Å². The van der Waals surface area contributed by atoms with Crippen molar-refractivity contribution in [2.75, 3.05) is 41.7 Å². The number of nitrogens with zero attached hydrogens (tertiary/aromatic N) is 4. The van der Waals surface area contributed by atoms with Crippen molar-refractivity contribution in [3.8, 4) is 5.75 Å². The highest BCUT2D eigenvalue weighted by Gasteiger charge is 2.31. The van der Waals surface area contributed by atoms with Gasteiger partial charge >= 0.3 is 0 Å². The molecule has 3 heterocycles. The van der Waals surface area contributed by atoms with Gasteiger partial charge in [-0.1, -0.05) is 23.5 Å². The number of rotatable bonds is 6. The van der Waals surface area contributed by atoms with E-state index in [1.54, 1.807) is 25.3 Å². The fraction of sp³-hybridized carbons (Fsp3) is 0.400. The van der Waals surface area contributed by atoms with E-state index in [9.17, 15) is 9.90 Å². The van der Waals surface area contributed by atoms with E-state index in [0.29, 0.717) is 21.3 Å². The Labute approximate surface area is 203 Å². The zero-order chi connectivity index (χ0) is 23.8. The number of phenolic OH excluding ortho intramolecular Hbond substituents is 1. The predicted molar refractivity (Wildman–Crippen MR) is 137 cm³/mol. The molecule has 0 bridgehead atoms. The van der Waals surface area contributed by atoms with E-state index in [1.165, 1.54) is 24.2 Å². The minimum atomic E-state index is -0.255. The number of aromatic hydroxyl groups is 1. The third-order valence-electron chi connectivity index (χ3n) is 6.62. The number of carbonyl (C=O) groups excluding carboxylic acids is 1. The van der Waals surface area contributed by atoms with E-state index in [0.717, 1.165) is 55.0 Å². The Morgan fingerprint density at radius 2 is 1.79 bits per heavy atom. The number of benzene rings is 1. The summed E-state index contributed by atoms with van der Waals surface area (Å²) in [6, 6.07) is 8.37. The number of nitrogens with one attached hydrogen (secondary N) is 2. The van der Waals surface area contributed by atoms with E-state index in [4.69, 9.17) is 4.98 Å². The summed E-state index contributed by atoms with van der Waals surface area (Å²) in [5, 5.41) is 16.8. The monoisotopic (exact) mass is 478 g/mol. The first-order valence-corrected chi connectivity index (χ1v) is 12.5. The molecule has 0 radical (unpaired) electrons. The highest BCUT2D eigenvalue weighted by atomic mass is 32.1. The van der Waals surface area contributed by atoms with Crippen LogP contribution in [-0.2, 0) is 0 Å². The Kier molecular flexibility index (Phi) is 6.14. The summed E-state index contributed by atoms with van der Waals surface area (Å²) >= 11 is 1.27. The number of hydrogen-bond acceptors (Lipinski definition) is 8. The quantitative estimate of drug-likeness (QED) is 0.482. The second kappa shape index (κ2) is 9.23. The summed E-state index contributed by atoms with van der Waals surface area (Å²) in [7, 11) is 0. The van der Waals surface area contributed by atoms with Crippen LogP contribution in [0.2, 0.25) is 0 Å². The average molecular weight is 479 g/mol. The molecule has 1 aromatic carbocycles. The van der Waals surface area contributed by atoms with Gasteiger partial charge in [0, 0.05) is 37.8 Å². The van der Waals surface area contributed by atoms with E-state index >= 15 is 0 Å². The van der Waals surface area contributed by atoms with Crippen LogP contribution in [0.1, 0.15) is 39.2 Å². The highest BCUT2D eigenvalue weighted by Crippen LogP contribution is 2.31. The lowest BCUT2D eigenvalue weighted by atomic mass is 10.1. The number of piperazine rings is 1. The molecule has 2 fully saturated rings. The molecule has 9 heteroatoms. The maximum Gasteiger partial charge on any atom is 0.267 e. The van der Waals surface area contributed by atoms with Crippen molar-refractivity contribution in [1.82, 2.24) is 14.9 Å². The highest BCUT2D eigenvalue weighted by molar-refractivity contribution is 7.17. The Balaban J connectivity index is 1.27. The van der Waals surface area contributed by atoms with Gasteiger partial charge in [-0.25, -0.2) is 9.97 Å². The summed E-state index contributed by atoms with van der Waals surface area (Å²) in [6.45, 7) is 9.85. The summed E-state index contributed by atoms with van der Waals surface area (Å²) in [5.41, 5.74) is 3.18. The number of thiazole rings is 1. The first-order chi connectivity index (χ1) is 16.4. The molecule has 1 saturated heterocycles. The lowest BCUT2D eigenvalue weighted by Gasteiger charge is -2.35. The Morgan fingerprint density at radius 3 is 2.53 bits per heavy atom. The Hall–Kier alpha value is -3.17. The van der Waals surface area contributed by atoms with Gasteiger partial charge in [0.05, 0.1) is 11.9 Å². The largest absolute Gasteiger partial charge is 0.508 e. The number of pyridine rings is 1. The third kappa shape index (κ3) is 4.71. The van der Waals surface area contributed by atoms with Gasteiger partial charge in [-0.3, -0.25) is 9.69 Å². The van der Waals surface area contributed by atoms with Crippen molar-refractivity contribution < 1.29 is 9.90 Å². The van der Waals surface area contributed by atoms with E-state index in [1.807, 2.05) is 13.8 Å². The SMILES string of the molecule is Cc1ccc(N2CCN(C3CC3)CC2)nc1Nc1ncc(C(=O)Nc2c(C)ccc(O)c2C)s1. The van der Waals surface area contributed by atoms with Gasteiger partial charge in [-0.2, -0.15) is 0 Å². The fourth-order valence-electron chi connectivity index (χ4n) is 4.32. The standard InChI is InChI=1S/C25H30N6O2S/c1-15-4-8-19(32)17(3)22(15)28-24(33)20-14-26-25(34-20)29-23-16(2)5-9-21(27-23)31-12-10-30(11-13-31)18-6-7-18/h4-5,8-9,14,18,32H,6-7,10-13H2,1-3H3,(H,28,33)(H,26,27,29). The molecule has 1 aliphatic heterocycles. The number of aryl methyl sites for hydroxylation is 2. The van der Waals surface area contributed by atoms with Gasteiger partial charge < -0.3 is 20.6 Å². The summed E-state index contributed by atoms with van der Waals surface area (Å²) in [6.07, 6.45) is 4.25. The van der Waals surface area contributed by atoms with Crippen LogP contribution in [0, 0.1) is 20.8 Å². The molecular weight excluding hydrogens is 448 g/mol. The summed E-state index contributed by atoms with van der Waals surface area (Å²) < 4.78 is 0. The second-order valence-corrected chi connectivity index (χ2v) is 10.1. The number of aromatic nitrogens is 2. The summed E-state index contributed by atoms with van der Waals surface area (Å²) in [4.78, 5) is 27.5. The van der Waals surface area contributed by atoms with Crippen LogP contribution in [0.25, 0.3) is 0 Å². The molecule has 3 aromatic rings. The summed E-state index contributed by atoms with van der Waals surface area (Å²) in [5.74, 6) is 1.62. The zero-order valence-electron chi connectivity index (χ0n) is 19.8. The molecule has 178 valence electrons. The fourth-order valence-corrected chi connectivity index (χ4v) is 5.03. The van der Waals surface area contributed by atoms with Crippen molar-refractivity contribution in [1.29, 1.82) is 0 Å². The molecule has 0 spiro atoms. The normalized spacial score (nSPS) is 16.5. The topological polar surface area (TPSA) is 93.6 Å². The number of amides is 1.